The van der Waals surface area contributed by atoms with Crippen molar-refractivity contribution in [1.29, 1.82) is 0 Å². The molecule has 20 heteroatoms. The third kappa shape index (κ3) is 9.69. The van der Waals surface area contributed by atoms with E-state index in [0.717, 1.165) is 11.3 Å². The molecule has 0 radical (unpaired) electrons. The molecule has 1 aliphatic carbocycles. The van der Waals surface area contributed by atoms with Crippen LogP contribution in [0.1, 0.15) is 60.2 Å². The van der Waals surface area contributed by atoms with Crippen LogP contribution < -0.4 is 19.9 Å². The third-order valence-electron chi connectivity index (χ3n) is 10.4. The summed E-state index contributed by atoms with van der Waals surface area (Å²) in [5.41, 5.74) is -0.427. The van der Waals surface area contributed by atoms with Crippen molar-refractivity contribution < 1.29 is 47.3 Å². The fourth-order valence-corrected chi connectivity index (χ4v) is 7.70. The van der Waals surface area contributed by atoms with E-state index in [2.05, 4.69) is 30.2 Å². The minimum absolute atomic E-state index is 0.00997. The van der Waals surface area contributed by atoms with E-state index in [-0.39, 0.29) is 36.2 Å². The number of esters is 1. The molecule has 0 spiro atoms. The number of hydrogen-bond acceptors (Lipinski definition) is 15. The van der Waals surface area contributed by atoms with E-state index in [1.807, 2.05) is 25.7 Å². The highest BCUT2D eigenvalue weighted by Gasteiger charge is 2.47. The van der Waals surface area contributed by atoms with Gasteiger partial charge in [-0.3, -0.25) is 14.6 Å². The summed E-state index contributed by atoms with van der Waals surface area (Å²) >= 11 is 0. The van der Waals surface area contributed by atoms with Gasteiger partial charge < -0.3 is 43.8 Å². The Morgan fingerprint density at radius 3 is 2.30 bits per heavy atom. The second-order valence-corrected chi connectivity index (χ2v) is 17.2. The summed E-state index contributed by atoms with van der Waals surface area (Å²) in [4.78, 5) is 78.7. The Labute approximate surface area is 345 Å². The largest absolute Gasteiger partial charge is 0.444 e. The topological polar surface area (TPSA) is 207 Å². The van der Waals surface area contributed by atoms with Crippen LogP contribution in [0.25, 0.3) is 21.9 Å². The van der Waals surface area contributed by atoms with Crippen LogP contribution in [0.15, 0.2) is 24.5 Å². The first kappa shape index (κ1) is 42.1. The molecule has 7 rings (SSSR count). The molecule has 1 aromatic carbocycles. The molecule has 2 aliphatic heterocycles. The van der Waals surface area contributed by atoms with Crippen LogP contribution >= 0.6 is 0 Å². The first-order valence-corrected chi connectivity index (χ1v) is 19.8. The summed E-state index contributed by atoms with van der Waals surface area (Å²) in [5, 5.41) is 3.94. The van der Waals surface area contributed by atoms with Crippen molar-refractivity contribution in [3.63, 3.8) is 0 Å². The van der Waals surface area contributed by atoms with Crippen molar-refractivity contribution in [2.75, 3.05) is 62.9 Å². The first-order chi connectivity index (χ1) is 28.3. The number of alkyl carbamates (subject to hydrolysis) is 1. The third-order valence-corrected chi connectivity index (χ3v) is 10.4. The highest BCUT2D eigenvalue weighted by molar-refractivity contribution is 6.16. The number of H-pyrrole nitrogens is 1. The number of rotatable bonds is 9. The minimum atomic E-state index is -0.908. The van der Waals surface area contributed by atoms with Crippen LogP contribution in [0.2, 0.25) is 0 Å². The molecular formula is C40H51FN10O9. The molecule has 19 nitrogen and oxygen atoms in total. The Morgan fingerprint density at radius 2 is 1.65 bits per heavy atom. The SMILES string of the molecule is Cc1ncc(Oc2nc(N3C[C@H]4C[C@@H]3C[C@H]4NC(=O)OC(C)(C)C)c3c(n2)[nH]c2c(N(C)C(=O)OCOC(=O)CN4CCN(C(=O)OC(C)(C)C)CC4)cc(F)cc23)cn1. The van der Waals surface area contributed by atoms with Crippen LogP contribution in [0.5, 0.6) is 11.8 Å². The number of hydrogen-bond donors (Lipinski definition) is 2. The Balaban J connectivity index is 1.06. The van der Waals surface area contributed by atoms with Crippen LogP contribution in [0.3, 0.4) is 0 Å². The molecule has 3 atom stereocenters. The Bertz CT molecular complexity index is 2270. The smallest absolute Gasteiger partial charge is 0.416 e. The van der Waals surface area contributed by atoms with Gasteiger partial charge in [-0.15, -0.1) is 0 Å². The van der Waals surface area contributed by atoms with E-state index in [0.29, 0.717) is 78.5 Å². The van der Waals surface area contributed by atoms with Gasteiger partial charge in [0.2, 0.25) is 6.79 Å². The molecule has 322 valence electrons. The number of aromatic amines is 1. The lowest BCUT2D eigenvalue weighted by molar-refractivity contribution is -0.153. The lowest BCUT2D eigenvalue weighted by Gasteiger charge is -2.35. The van der Waals surface area contributed by atoms with Crippen molar-refractivity contribution in [2.45, 2.75) is 84.6 Å². The molecule has 3 amide bonds. The number of aromatic nitrogens is 5. The van der Waals surface area contributed by atoms with E-state index >= 15 is 4.39 Å². The number of carbonyl (C=O) groups is 4. The molecule has 3 aliphatic rings. The molecule has 0 unspecified atom stereocenters. The lowest BCUT2D eigenvalue weighted by Crippen LogP contribution is -2.51. The second kappa shape index (κ2) is 16.5. The second-order valence-electron chi connectivity index (χ2n) is 17.2. The summed E-state index contributed by atoms with van der Waals surface area (Å²) < 4.78 is 43.0. The van der Waals surface area contributed by atoms with Gasteiger partial charge in [-0.2, -0.15) is 9.97 Å². The van der Waals surface area contributed by atoms with Crippen LogP contribution in [0.4, 0.5) is 30.3 Å². The zero-order chi connectivity index (χ0) is 43.1. The number of fused-ring (bicyclic) bond motifs is 5. The number of halogens is 1. The summed E-state index contributed by atoms with van der Waals surface area (Å²) in [5.74, 6) is 0.178. The Kier molecular flexibility index (Phi) is 11.6. The number of carbonyl (C=O) groups excluding carboxylic acids is 4. The molecule has 3 fully saturated rings. The van der Waals surface area contributed by atoms with Crippen molar-refractivity contribution in [2.24, 2.45) is 5.92 Å². The van der Waals surface area contributed by atoms with Gasteiger partial charge in [-0.1, -0.05) is 0 Å². The summed E-state index contributed by atoms with van der Waals surface area (Å²) in [6, 6.07) is 2.38. The van der Waals surface area contributed by atoms with Crippen LogP contribution in [0, 0.1) is 18.7 Å². The monoisotopic (exact) mass is 834 g/mol. The highest BCUT2D eigenvalue weighted by Crippen LogP contribution is 2.45. The number of anilines is 2. The first-order valence-electron chi connectivity index (χ1n) is 19.8. The van der Waals surface area contributed by atoms with E-state index < -0.39 is 48.1 Å². The van der Waals surface area contributed by atoms with Crippen LogP contribution in [-0.4, -0.2) is 135 Å². The number of piperidine rings is 1. The average Bonchev–Trinajstić information content (AvgIpc) is 3.86. The fourth-order valence-electron chi connectivity index (χ4n) is 7.70. The predicted octanol–water partition coefficient (Wildman–Crippen LogP) is 5.26. The minimum Gasteiger partial charge on any atom is -0.444 e. The quantitative estimate of drug-likeness (QED) is 0.125. The molecule has 2 saturated heterocycles. The molecule has 1 saturated carbocycles. The van der Waals surface area contributed by atoms with Gasteiger partial charge in [-0.25, -0.2) is 28.7 Å². The molecule has 5 heterocycles. The summed E-state index contributed by atoms with van der Waals surface area (Å²) in [6.45, 7) is 14.0. The van der Waals surface area contributed by atoms with Gasteiger partial charge >= 0.3 is 30.3 Å². The lowest BCUT2D eigenvalue weighted by atomic mass is 10.0. The molecule has 3 aromatic heterocycles. The van der Waals surface area contributed by atoms with Crippen molar-refractivity contribution >= 4 is 57.7 Å². The van der Waals surface area contributed by atoms with E-state index in [9.17, 15) is 19.2 Å². The van der Waals surface area contributed by atoms with Gasteiger partial charge in [0.15, 0.2) is 5.75 Å². The van der Waals surface area contributed by atoms with Gasteiger partial charge in [0.1, 0.15) is 34.3 Å². The van der Waals surface area contributed by atoms with Gasteiger partial charge in [0.25, 0.3) is 0 Å². The van der Waals surface area contributed by atoms with Gasteiger partial charge in [0, 0.05) is 57.2 Å². The maximum absolute atomic E-state index is 15.6. The number of aryl methyl sites for hydroxylation is 1. The van der Waals surface area contributed by atoms with E-state index in [4.69, 9.17) is 28.7 Å². The van der Waals surface area contributed by atoms with E-state index in [1.165, 1.54) is 31.6 Å². The number of piperazine rings is 1. The molecule has 4 aromatic rings. The number of ether oxygens (including phenoxy) is 5. The highest BCUT2D eigenvalue weighted by atomic mass is 19.1. The molecule has 60 heavy (non-hydrogen) atoms. The zero-order valence-corrected chi connectivity index (χ0v) is 35.0. The number of nitrogens with zero attached hydrogens (tertiary/aromatic N) is 8. The molecular weight excluding hydrogens is 783 g/mol. The number of nitrogens with one attached hydrogen (secondary N) is 2. The fraction of sp³-hybridized carbons (Fsp3) is 0.550. The standard InChI is InChI=1S/C40H51FN10O9/c1-22-42-17-26(18-43-22)58-35-46-33-31(34(47-35)51-19-23-13-25(51)16-28(23)44-36(53)59-39(2,3)4)27-14-24(41)15-29(32(27)45-33)48(8)37(54)57-21-56-30(52)20-49-9-11-50(12-10-49)38(55)60-40(5,6)7/h14-15,17-18,23,25,28H,9-13,16,19-21H2,1-8H3,(H,44,53)(H,45,46,47)/t23-,25-,28-/m1/s1. The molecule has 2 bridgehead atoms. The van der Waals surface area contributed by atoms with Crippen molar-refractivity contribution in [3.05, 3.63) is 36.2 Å². The Morgan fingerprint density at radius 1 is 0.950 bits per heavy atom. The molecule has 2 N–H and O–H groups in total. The summed E-state index contributed by atoms with van der Waals surface area (Å²) in [6.07, 6.45) is 2.63. The predicted molar refractivity (Wildman–Crippen MR) is 215 cm³/mol. The average molecular weight is 835 g/mol. The van der Waals surface area contributed by atoms with Crippen molar-refractivity contribution in [3.8, 4) is 11.8 Å². The maximum atomic E-state index is 15.6. The Hall–Kier alpha value is -6.05. The van der Waals surface area contributed by atoms with Gasteiger partial charge in [0.05, 0.1) is 35.5 Å². The summed E-state index contributed by atoms with van der Waals surface area (Å²) in [7, 11) is 1.41. The van der Waals surface area contributed by atoms with Crippen molar-refractivity contribution in [1.82, 2.24) is 40.0 Å². The number of amides is 3. The maximum Gasteiger partial charge on any atom is 0.416 e. The normalized spacial score (nSPS) is 19.4. The van der Waals surface area contributed by atoms with Gasteiger partial charge in [-0.05, 0) is 79.4 Å². The van der Waals surface area contributed by atoms with Crippen LogP contribution in [-0.2, 0) is 23.7 Å². The zero-order valence-electron chi connectivity index (χ0n) is 35.0. The van der Waals surface area contributed by atoms with E-state index in [1.54, 1.807) is 32.6 Å². The number of benzene rings is 1.